The maximum atomic E-state index is 12.5. The molecule has 0 aromatic heterocycles. The summed E-state index contributed by atoms with van der Waals surface area (Å²) in [6, 6.07) is 5.16. The van der Waals surface area contributed by atoms with E-state index in [0.29, 0.717) is 24.6 Å². The molecule has 1 aliphatic rings. The van der Waals surface area contributed by atoms with E-state index in [1.165, 1.54) is 0 Å². The molecule has 1 aliphatic heterocycles. The van der Waals surface area contributed by atoms with Crippen molar-refractivity contribution in [1.29, 1.82) is 0 Å². The summed E-state index contributed by atoms with van der Waals surface area (Å²) in [5, 5.41) is 0. The van der Waals surface area contributed by atoms with Gasteiger partial charge in [-0.3, -0.25) is 4.79 Å². The lowest BCUT2D eigenvalue weighted by Crippen LogP contribution is -2.49. The van der Waals surface area contributed by atoms with Crippen LogP contribution in [0.2, 0.25) is 0 Å². The van der Waals surface area contributed by atoms with E-state index in [-0.39, 0.29) is 18.4 Å². The molecule has 0 unspecified atom stereocenters. The topological polar surface area (TPSA) is 84.9 Å². The number of piperidine rings is 1. The highest BCUT2D eigenvalue weighted by molar-refractivity contribution is 7.88. The number of carbonyl (C=O) groups excluding carboxylic acids is 1. The van der Waals surface area contributed by atoms with Gasteiger partial charge in [-0.15, -0.1) is 0 Å². The third-order valence-corrected chi connectivity index (χ3v) is 4.72. The van der Waals surface area contributed by atoms with Gasteiger partial charge in [-0.05, 0) is 30.5 Å². The summed E-state index contributed by atoms with van der Waals surface area (Å²) in [6.07, 6.45) is 2.90. The number of likely N-dealkylation sites (tertiary alicyclic amines) is 1. The van der Waals surface area contributed by atoms with Crippen molar-refractivity contribution in [1.82, 2.24) is 9.62 Å². The van der Waals surface area contributed by atoms with Crippen molar-refractivity contribution in [3.8, 4) is 11.5 Å². The maximum Gasteiger partial charge on any atom is 0.227 e. The van der Waals surface area contributed by atoms with Crippen LogP contribution in [0.25, 0.3) is 0 Å². The average molecular weight is 356 g/mol. The van der Waals surface area contributed by atoms with Crippen molar-refractivity contribution in [3.63, 3.8) is 0 Å². The van der Waals surface area contributed by atoms with Crippen LogP contribution in [0.5, 0.6) is 11.5 Å². The standard InChI is InChI=1S/C16H24N2O5S/c1-22-14-7-6-12(9-15(14)23-2)10-16(19)18-8-4-5-13(11-18)17-24(3,20)21/h6-7,9,13,17H,4-5,8,10-11H2,1-3H3/t13-/m0/s1. The van der Waals surface area contributed by atoms with E-state index < -0.39 is 10.0 Å². The molecule has 1 N–H and O–H groups in total. The Hall–Kier alpha value is -1.80. The van der Waals surface area contributed by atoms with Gasteiger partial charge in [0.25, 0.3) is 0 Å². The number of benzene rings is 1. The van der Waals surface area contributed by atoms with E-state index >= 15 is 0 Å². The fourth-order valence-electron chi connectivity index (χ4n) is 2.88. The Balaban J connectivity index is 2.01. The Labute approximate surface area is 143 Å². The first-order valence-corrected chi connectivity index (χ1v) is 9.67. The molecule has 0 saturated carbocycles. The number of rotatable bonds is 6. The molecule has 0 radical (unpaired) electrons. The molecule has 1 aromatic rings. The van der Waals surface area contributed by atoms with Crippen molar-refractivity contribution < 1.29 is 22.7 Å². The second-order valence-electron chi connectivity index (χ2n) is 5.94. The molecular weight excluding hydrogens is 332 g/mol. The molecule has 24 heavy (non-hydrogen) atoms. The minimum absolute atomic E-state index is 0.0257. The van der Waals surface area contributed by atoms with Gasteiger partial charge in [-0.2, -0.15) is 0 Å². The predicted octanol–water partition coefficient (Wildman–Crippen LogP) is 0.787. The molecule has 1 saturated heterocycles. The fraction of sp³-hybridized carbons (Fsp3) is 0.562. The molecular formula is C16H24N2O5S. The van der Waals surface area contributed by atoms with Gasteiger partial charge >= 0.3 is 0 Å². The number of methoxy groups -OCH3 is 2. The summed E-state index contributed by atoms with van der Waals surface area (Å²) in [4.78, 5) is 14.2. The monoisotopic (exact) mass is 356 g/mol. The van der Waals surface area contributed by atoms with Gasteiger partial charge in [0.15, 0.2) is 11.5 Å². The second-order valence-corrected chi connectivity index (χ2v) is 7.72. The lowest BCUT2D eigenvalue weighted by atomic mass is 10.0. The zero-order chi connectivity index (χ0) is 17.7. The van der Waals surface area contributed by atoms with E-state index in [4.69, 9.17) is 9.47 Å². The van der Waals surface area contributed by atoms with Gasteiger partial charge < -0.3 is 14.4 Å². The van der Waals surface area contributed by atoms with Crippen molar-refractivity contribution in [2.75, 3.05) is 33.6 Å². The van der Waals surface area contributed by atoms with Crippen molar-refractivity contribution in [2.45, 2.75) is 25.3 Å². The number of hydrogen-bond donors (Lipinski definition) is 1. The van der Waals surface area contributed by atoms with Crippen LogP contribution in [0.1, 0.15) is 18.4 Å². The Bertz CT molecular complexity index is 690. The largest absolute Gasteiger partial charge is 0.493 e. The molecule has 0 spiro atoms. The lowest BCUT2D eigenvalue weighted by Gasteiger charge is -2.32. The molecule has 1 fully saturated rings. The third-order valence-electron chi connectivity index (χ3n) is 3.96. The van der Waals surface area contributed by atoms with Crippen molar-refractivity contribution >= 4 is 15.9 Å². The number of carbonyl (C=O) groups is 1. The highest BCUT2D eigenvalue weighted by Crippen LogP contribution is 2.28. The van der Waals surface area contributed by atoms with E-state index in [2.05, 4.69) is 4.72 Å². The minimum Gasteiger partial charge on any atom is -0.493 e. The third kappa shape index (κ3) is 5.10. The van der Waals surface area contributed by atoms with Gasteiger partial charge in [-0.25, -0.2) is 13.1 Å². The Morgan fingerprint density at radius 3 is 2.62 bits per heavy atom. The number of nitrogens with zero attached hydrogens (tertiary/aromatic N) is 1. The number of hydrogen-bond acceptors (Lipinski definition) is 5. The minimum atomic E-state index is -3.27. The summed E-state index contributed by atoms with van der Waals surface area (Å²) in [7, 11) is -0.155. The van der Waals surface area contributed by atoms with Gasteiger partial charge in [-0.1, -0.05) is 6.07 Å². The summed E-state index contributed by atoms with van der Waals surface area (Å²) in [6.45, 7) is 1.05. The first kappa shape index (κ1) is 18.5. The van der Waals surface area contributed by atoms with E-state index in [1.54, 1.807) is 31.3 Å². The quantitative estimate of drug-likeness (QED) is 0.814. The van der Waals surface area contributed by atoms with Gasteiger partial charge in [0, 0.05) is 19.1 Å². The first-order chi connectivity index (χ1) is 11.3. The molecule has 0 aliphatic carbocycles. The SMILES string of the molecule is COc1ccc(CC(=O)N2CCC[C@H](NS(C)(=O)=O)C2)cc1OC. The van der Waals surface area contributed by atoms with E-state index in [1.807, 2.05) is 6.07 Å². The summed E-state index contributed by atoms with van der Waals surface area (Å²) in [5.74, 6) is 1.17. The summed E-state index contributed by atoms with van der Waals surface area (Å²) < 4.78 is 35.7. The number of ether oxygens (including phenoxy) is 2. The molecule has 7 nitrogen and oxygen atoms in total. The second kappa shape index (κ2) is 7.85. The fourth-order valence-corrected chi connectivity index (χ4v) is 3.68. The van der Waals surface area contributed by atoms with Crippen LogP contribution in [0.15, 0.2) is 18.2 Å². The molecule has 8 heteroatoms. The van der Waals surface area contributed by atoms with Gasteiger partial charge in [0.1, 0.15) is 0 Å². The van der Waals surface area contributed by atoms with Gasteiger partial charge in [0.2, 0.25) is 15.9 Å². The normalized spacial score (nSPS) is 18.3. The zero-order valence-corrected chi connectivity index (χ0v) is 15.1. The van der Waals surface area contributed by atoms with Crippen LogP contribution in [-0.2, 0) is 21.2 Å². The smallest absolute Gasteiger partial charge is 0.227 e. The summed E-state index contributed by atoms with van der Waals surface area (Å²) in [5.41, 5.74) is 0.829. The Morgan fingerprint density at radius 2 is 2.00 bits per heavy atom. The molecule has 1 atom stereocenters. The maximum absolute atomic E-state index is 12.5. The molecule has 134 valence electrons. The zero-order valence-electron chi connectivity index (χ0n) is 14.2. The van der Waals surface area contributed by atoms with E-state index in [0.717, 1.165) is 24.7 Å². The average Bonchev–Trinajstić information content (AvgIpc) is 2.53. The van der Waals surface area contributed by atoms with Crippen LogP contribution in [0, 0.1) is 0 Å². The molecule has 1 heterocycles. The van der Waals surface area contributed by atoms with Crippen LogP contribution in [0.4, 0.5) is 0 Å². The van der Waals surface area contributed by atoms with Gasteiger partial charge in [0.05, 0.1) is 26.9 Å². The van der Waals surface area contributed by atoms with Crippen LogP contribution < -0.4 is 14.2 Å². The molecule has 1 amide bonds. The van der Waals surface area contributed by atoms with E-state index in [9.17, 15) is 13.2 Å². The molecule has 2 rings (SSSR count). The predicted molar refractivity (Wildman–Crippen MR) is 90.8 cm³/mol. The van der Waals surface area contributed by atoms with Crippen molar-refractivity contribution in [2.24, 2.45) is 0 Å². The van der Waals surface area contributed by atoms with Crippen LogP contribution in [0.3, 0.4) is 0 Å². The van der Waals surface area contributed by atoms with Crippen LogP contribution >= 0.6 is 0 Å². The lowest BCUT2D eigenvalue weighted by molar-refractivity contribution is -0.131. The highest BCUT2D eigenvalue weighted by atomic mass is 32.2. The number of nitrogens with one attached hydrogen (secondary N) is 1. The highest BCUT2D eigenvalue weighted by Gasteiger charge is 2.25. The van der Waals surface area contributed by atoms with Crippen molar-refractivity contribution in [3.05, 3.63) is 23.8 Å². The Kier molecular flexibility index (Phi) is 6.06. The molecule has 0 bridgehead atoms. The number of sulfonamides is 1. The van der Waals surface area contributed by atoms with Crippen LogP contribution in [-0.4, -0.2) is 58.8 Å². The summed E-state index contributed by atoms with van der Waals surface area (Å²) >= 11 is 0. The Morgan fingerprint density at radius 1 is 1.29 bits per heavy atom. The first-order valence-electron chi connectivity index (χ1n) is 7.78. The number of amides is 1. The molecule has 1 aromatic carbocycles.